The molecule has 146 valence electrons. The lowest BCUT2D eigenvalue weighted by atomic mass is 9.96. The van der Waals surface area contributed by atoms with Crippen LogP contribution in [0.15, 0.2) is 41.4 Å². The molecule has 0 bridgehead atoms. The molecule has 0 unspecified atom stereocenters. The average molecular weight is 380 g/mol. The van der Waals surface area contributed by atoms with Gasteiger partial charge in [-0.25, -0.2) is 4.98 Å². The molecule has 1 atom stereocenters. The topological polar surface area (TPSA) is 89.9 Å². The first kappa shape index (κ1) is 18.3. The fourth-order valence-electron chi connectivity index (χ4n) is 3.70. The van der Waals surface area contributed by atoms with Gasteiger partial charge in [-0.15, -0.1) is 0 Å². The molecule has 28 heavy (non-hydrogen) atoms. The lowest BCUT2D eigenvalue weighted by molar-refractivity contribution is -0.132. The highest BCUT2D eigenvalue weighted by atomic mass is 16.5. The Morgan fingerprint density at radius 2 is 2.29 bits per heavy atom. The number of aromatic nitrogens is 5. The smallest absolute Gasteiger partial charge is 0.227 e. The fourth-order valence-corrected chi connectivity index (χ4v) is 3.70. The molecule has 8 nitrogen and oxygen atoms in total. The van der Waals surface area contributed by atoms with Crippen molar-refractivity contribution in [3.05, 3.63) is 48.6 Å². The van der Waals surface area contributed by atoms with Crippen LogP contribution in [0, 0.1) is 0 Å². The van der Waals surface area contributed by atoms with Gasteiger partial charge >= 0.3 is 0 Å². The number of likely N-dealkylation sites (tertiary alicyclic amines) is 1. The summed E-state index contributed by atoms with van der Waals surface area (Å²) >= 11 is 0. The molecule has 0 spiro atoms. The van der Waals surface area contributed by atoms with Gasteiger partial charge in [0, 0.05) is 68.7 Å². The Hall–Kier alpha value is -3.03. The first-order chi connectivity index (χ1) is 13.7. The molecule has 0 aromatic carbocycles. The van der Waals surface area contributed by atoms with Crippen molar-refractivity contribution in [2.75, 3.05) is 13.1 Å². The monoisotopic (exact) mass is 380 g/mol. The summed E-state index contributed by atoms with van der Waals surface area (Å²) in [7, 11) is 0. The third-order valence-corrected chi connectivity index (χ3v) is 5.17. The molecule has 8 heteroatoms. The van der Waals surface area contributed by atoms with E-state index in [1.165, 1.54) is 0 Å². The number of carbonyl (C=O) groups excluding carboxylic acids is 1. The summed E-state index contributed by atoms with van der Waals surface area (Å²) < 4.78 is 7.46. The maximum atomic E-state index is 12.7. The van der Waals surface area contributed by atoms with E-state index in [0.29, 0.717) is 30.5 Å². The Labute approximate surface area is 163 Å². The van der Waals surface area contributed by atoms with E-state index >= 15 is 0 Å². The van der Waals surface area contributed by atoms with Crippen LogP contribution in [0.2, 0.25) is 0 Å². The molecule has 1 aliphatic rings. The zero-order valence-corrected chi connectivity index (χ0v) is 16.0. The summed E-state index contributed by atoms with van der Waals surface area (Å²) in [5.74, 6) is 2.48. The summed E-state index contributed by atoms with van der Waals surface area (Å²) in [5, 5.41) is 3.98. The highest BCUT2D eigenvalue weighted by Crippen LogP contribution is 2.26. The molecule has 1 amide bonds. The van der Waals surface area contributed by atoms with Crippen LogP contribution in [0.25, 0.3) is 11.4 Å². The predicted octanol–water partition coefficient (Wildman–Crippen LogP) is 2.69. The van der Waals surface area contributed by atoms with Gasteiger partial charge in [0.15, 0.2) is 0 Å². The molecule has 1 saturated heterocycles. The van der Waals surface area contributed by atoms with Crippen LogP contribution >= 0.6 is 0 Å². The number of imidazole rings is 1. The van der Waals surface area contributed by atoms with Gasteiger partial charge < -0.3 is 14.0 Å². The van der Waals surface area contributed by atoms with Crippen molar-refractivity contribution in [2.45, 2.75) is 45.1 Å². The molecule has 4 heterocycles. The van der Waals surface area contributed by atoms with Gasteiger partial charge in [0.05, 0.1) is 0 Å². The van der Waals surface area contributed by atoms with Gasteiger partial charge in [-0.2, -0.15) is 4.98 Å². The molecular weight excluding hydrogens is 356 g/mol. The van der Waals surface area contributed by atoms with Gasteiger partial charge in [-0.3, -0.25) is 9.78 Å². The standard InChI is InChI=1S/C20H24N6O2/c1-2-25-12-10-22-20(25)16-6-4-11-26(14-16)18(27)8-7-17-23-19(24-28-17)15-5-3-9-21-13-15/h3,5,9-10,12-13,16H,2,4,6-8,11,14H2,1H3/t16-/m1/s1. The van der Waals surface area contributed by atoms with E-state index in [-0.39, 0.29) is 5.91 Å². The van der Waals surface area contributed by atoms with E-state index < -0.39 is 0 Å². The van der Waals surface area contributed by atoms with Crippen molar-refractivity contribution in [1.82, 2.24) is 29.6 Å². The minimum atomic E-state index is 0.125. The molecule has 3 aromatic rings. The summed E-state index contributed by atoms with van der Waals surface area (Å²) in [6.07, 6.45) is 10.1. The lowest BCUT2D eigenvalue weighted by Crippen LogP contribution is -2.39. The highest BCUT2D eigenvalue weighted by Gasteiger charge is 2.27. The van der Waals surface area contributed by atoms with Crippen LogP contribution in [0.3, 0.4) is 0 Å². The lowest BCUT2D eigenvalue weighted by Gasteiger charge is -2.32. The number of aryl methyl sites for hydroxylation is 2. The fraction of sp³-hybridized carbons (Fsp3) is 0.450. The Kier molecular flexibility index (Phi) is 5.45. The van der Waals surface area contributed by atoms with Crippen molar-refractivity contribution >= 4 is 5.91 Å². The second-order valence-corrected chi connectivity index (χ2v) is 7.00. The minimum Gasteiger partial charge on any atom is -0.342 e. The SMILES string of the molecule is CCn1ccnc1[C@@H]1CCCN(C(=O)CCc2nc(-c3cccnc3)no2)C1. The van der Waals surface area contributed by atoms with E-state index in [2.05, 4.69) is 31.6 Å². The molecule has 0 saturated carbocycles. The number of hydrogen-bond acceptors (Lipinski definition) is 6. The molecule has 0 N–H and O–H groups in total. The molecule has 1 aliphatic heterocycles. The normalized spacial score (nSPS) is 17.0. The van der Waals surface area contributed by atoms with Crippen LogP contribution in [0.1, 0.15) is 43.8 Å². The maximum absolute atomic E-state index is 12.7. The molecular formula is C20H24N6O2. The first-order valence-corrected chi connectivity index (χ1v) is 9.76. The van der Waals surface area contributed by atoms with Gasteiger partial charge in [-0.05, 0) is 31.9 Å². The van der Waals surface area contributed by atoms with Crippen molar-refractivity contribution < 1.29 is 9.32 Å². The molecule has 4 rings (SSSR count). The Morgan fingerprint density at radius 3 is 3.11 bits per heavy atom. The molecule has 1 fully saturated rings. The summed E-state index contributed by atoms with van der Waals surface area (Å²) in [6.45, 7) is 4.53. The number of rotatable bonds is 6. The van der Waals surface area contributed by atoms with Crippen LogP contribution in [-0.2, 0) is 17.8 Å². The Balaban J connectivity index is 1.34. The molecule has 3 aromatic heterocycles. The zero-order valence-electron chi connectivity index (χ0n) is 16.0. The number of amides is 1. The van der Waals surface area contributed by atoms with Crippen molar-refractivity contribution in [2.24, 2.45) is 0 Å². The maximum Gasteiger partial charge on any atom is 0.227 e. The molecule has 0 radical (unpaired) electrons. The van der Waals surface area contributed by atoms with Gasteiger partial charge in [0.1, 0.15) is 5.82 Å². The van der Waals surface area contributed by atoms with Gasteiger partial charge in [0.25, 0.3) is 0 Å². The third kappa shape index (κ3) is 3.95. The van der Waals surface area contributed by atoms with Gasteiger partial charge in [-0.1, -0.05) is 5.16 Å². The Bertz CT molecular complexity index is 920. The van der Waals surface area contributed by atoms with Crippen molar-refractivity contribution in [3.63, 3.8) is 0 Å². The molecule has 0 aliphatic carbocycles. The second-order valence-electron chi connectivity index (χ2n) is 7.00. The van der Waals surface area contributed by atoms with E-state index in [4.69, 9.17) is 4.52 Å². The predicted molar refractivity (Wildman–Crippen MR) is 102 cm³/mol. The minimum absolute atomic E-state index is 0.125. The summed E-state index contributed by atoms with van der Waals surface area (Å²) in [6, 6.07) is 3.70. The van der Waals surface area contributed by atoms with Crippen LogP contribution < -0.4 is 0 Å². The number of nitrogens with zero attached hydrogens (tertiary/aromatic N) is 6. The van der Waals surface area contributed by atoms with E-state index in [0.717, 1.165) is 43.9 Å². The Morgan fingerprint density at radius 1 is 1.36 bits per heavy atom. The first-order valence-electron chi connectivity index (χ1n) is 9.76. The van der Waals surface area contributed by atoms with Crippen LogP contribution in [-0.4, -0.2) is 48.6 Å². The van der Waals surface area contributed by atoms with Crippen molar-refractivity contribution in [3.8, 4) is 11.4 Å². The number of pyridine rings is 1. The zero-order chi connectivity index (χ0) is 19.3. The average Bonchev–Trinajstić information content (AvgIpc) is 3.42. The van der Waals surface area contributed by atoms with E-state index in [1.54, 1.807) is 12.4 Å². The second kappa shape index (κ2) is 8.33. The van der Waals surface area contributed by atoms with Crippen molar-refractivity contribution in [1.29, 1.82) is 0 Å². The number of carbonyl (C=O) groups is 1. The van der Waals surface area contributed by atoms with Gasteiger partial charge in [0.2, 0.25) is 17.6 Å². The van der Waals surface area contributed by atoms with Crippen LogP contribution in [0.4, 0.5) is 0 Å². The van der Waals surface area contributed by atoms with E-state index in [9.17, 15) is 4.79 Å². The summed E-state index contributed by atoms with van der Waals surface area (Å²) in [5.41, 5.74) is 0.800. The third-order valence-electron chi connectivity index (χ3n) is 5.17. The van der Waals surface area contributed by atoms with Crippen LogP contribution in [0.5, 0.6) is 0 Å². The number of piperidine rings is 1. The number of hydrogen-bond donors (Lipinski definition) is 0. The largest absolute Gasteiger partial charge is 0.342 e. The quantitative estimate of drug-likeness (QED) is 0.653. The summed E-state index contributed by atoms with van der Waals surface area (Å²) in [4.78, 5) is 27.6. The highest BCUT2D eigenvalue weighted by molar-refractivity contribution is 5.76. The van der Waals surface area contributed by atoms with E-state index in [1.807, 2.05) is 29.4 Å².